The van der Waals surface area contributed by atoms with Crippen LogP contribution in [-0.4, -0.2) is 29.4 Å². The monoisotopic (exact) mass is 222 g/mol. The summed E-state index contributed by atoms with van der Waals surface area (Å²) in [7, 11) is 0. The summed E-state index contributed by atoms with van der Waals surface area (Å²) in [6.07, 6.45) is 6.28. The summed E-state index contributed by atoms with van der Waals surface area (Å²) in [6, 6.07) is 0. The number of nitrogens with zero attached hydrogens (tertiary/aromatic N) is 1. The van der Waals surface area contributed by atoms with Crippen molar-refractivity contribution in [2.24, 2.45) is 23.5 Å². The van der Waals surface area contributed by atoms with Crippen molar-refractivity contribution >= 4 is 5.91 Å². The van der Waals surface area contributed by atoms with E-state index in [1.807, 2.05) is 11.8 Å². The van der Waals surface area contributed by atoms with Crippen LogP contribution in [0.5, 0.6) is 0 Å². The predicted molar refractivity (Wildman–Crippen MR) is 62.7 cm³/mol. The van der Waals surface area contributed by atoms with Crippen LogP contribution in [0.2, 0.25) is 0 Å². The summed E-state index contributed by atoms with van der Waals surface area (Å²) >= 11 is 0. The number of rotatable bonds is 2. The molecule has 3 fully saturated rings. The molecule has 1 amide bonds. The van der Waals surface area contributed by atoms with E-state index in [0.29, 0.717) is 11.8 Å². The summed E-state index contributed by atoms with van der Waals surface area (Å²) in [5.41, 5.74) is 5.80. The zero-order chi connectivity index (χ0) is 11.3. The molecule has 3 heteroatoms. The number of carbonyl (C=O) groups excluding carboxylic acids is 1. The van der Waals surface area contributed by atoms with Crippen LogP contribution >= 0.6 is 0 Å². The third-order valence-corrected chi connectivity index (χ3v) is 4.78. The lowest BCUT2D eigenvalue weighted by molar-refractivity contribution is -0.139. The number of carbonyl (C=O) groups is 1. The van der Waals surface area contributed by atoms with Gasteiger partial charge in [0.05, 0.1) is 0 Å². The standard InChI is InChI=1S/C13H22N2O/c1-13(14)7-15(8-13)12(16)6-11-5-9-2-3-10(11)4-9/h9-11H,2-8,14H2,1H3. The van der Waals surface area contributed by atoms with Gasteiger partial charge in [0.15, 0.2) is 0 Å². The van der Waals surface area contributed by atoms with E-state index in [9.17, 15) is 4.79 Å². The first kappa shape index (κ1) is 10.6. The Kier molecular flexibility index (Phi) is 2.29. The minimum Gasteiger partial charge on any atom is -0.339 e. The third kappa shape index (κ3) is 1.75. The highest BCUT2D eigenvalue weighted by molar-refractivity contribution is 5.77. The first-order valence-corrected chi connectivity index (χ1v) is 6.60. The Morgan fingerprint density at radius 3 is 2.62 bits per heavy atom. The average Bonchev–Trinajstić information content (AvgIpc) is 2.75. The second-order valence-electron chi connectivity index (χ2n) is 6.54. The quantitative estimate of drug-likeness (QED) is 0.767. The highest BCUT2D eigenvalue weighted by Crippen LogP contribution is 2.49. The average molecular weight is 222 g/mol. The maximum Gasteiger partial charge on any atom is 0.222 e. The van der Waals surface area contributed by atoms with Crippen LogP contribution in [-0.2, 0) is 4.79 Å². The van der Waals surface area contributed by atoms with Crippen LogP contribution in [0.3, 0.4) is 0 Å². The van der Waals surface area contributed by atoms with Gasteiger partial charge in [-0.15, -0.1) is 0 Å². The maximum atomic E-state index is 12.0. The number of likely N-dealkylation sites (tertiary alicyclic amines) is 1. The lowest BCUT2D eigenvalue weighted by atomic mass is 9.85. The molecule has 1 aliphatic heterocycles. The molecule has 16 heavy (non-hydrogen) atoms. The van der Waals surface area contributed by atoms with Gasteiger partial charge in [0.2, 0.25) is 5.91 Å². The Balaban J connectivity index is 1.51. The summed E-state index contributed by atoms with van der Waals surface area (Å²) < 4.78 is 0. The molecule has 0 aromatic carbocycles. The number of hydrogen-bond acceptors (Lipinski definition) is 2. The zero-order valence-electron chi connectivity index (χ0n) is 10.1. The fraction of sp³-hybridized carbons (Fsp3) is 0.923. The maximum absolute atomic E-state index is 12.0. The Hall–Kier alpha value is -0.570. The van der Waals surface area contributed by atoms with Crippen LogP contribution in [0, 0.1) is 17.8 Å². The molecule has 3 nitrogen and oxygen atoms in total. The molecule has 2 bridgehead atoms. The van der Waals surface area contributed by atoms with E-state index in [0.717, 1.165) is 31.3 Å². The van der Waals surface area contributed by atoms with E-state index in [4.69, 9.17) is 5.73 Å². The highest BCUT2D eigenvalue weighted by Gasteiger charge is 2.43. The van der Waals surface area contributed by atoms with Gasteiger partial charge in [-0.3, -0.25) is 4.79 Å². The summed E-state index contributed by atoms with van der Waals surface area (Å²) in [5, 5.41) is 0. The van der Waals surface area contributed by atoms with Crippen molar-refractivity contribution in [3.05, 3.63) is 0 Å². The van der Waals surface area contributed by atoms with Crippen molar-refractivity contribution in [1.29, 1.82) is 0 Å². The van der Waals surface area contributed by atoms with Gasteiger partial charge in [-0.2, -0.15) is 0 Å². The molecular formula is C13H22N2O. The van der Waals surface area contributed by atoms with Gasteiger partial charge in [0, 0.05) is 25.0 Å². The van der Waals surface area contributed by atoms with Gasteiger partial charge >= 0.3 is 0 Å². The molecular weight excluding hydrogens is 200 g/mol. The van der Waals surface area contributed by atoms with Crippen molar-refractivity contribution in [1.82, 2.24) is 4.90 Å². The van der Waals surface area contributed by atoms with Crippen molar-refractivity contribution in [3.8, 4) is 0 Å². The van der Waals surface area contributed by atoms with Crippen LogP contribution in [0.4, 0.5) is 0 Å². The fourth-order valence-corrected chi connectivity index (χ4v) is 3.98. The summed E-state index contributed by atoms with van der Waals surface area (Å²) in [4.78, 5) is 14.0. The topological polar surface area (TPSA) is 46.3 Å². The molecule has 1 saturated heterocycles. The Bertz CT molecular complexity index is 305. The molecule has 3 atom stereocenters. The zero-order valence-corrected chi connectivity index (χ0v) is 10.1. The molecule has 2 aliphatic carbocycles. The predicted octanol–water partition coefficient (Wildman–Crippen LogP) is 1.37. The van der Waals surface area contributed by atoms with E-state index < -0.39 is 0 Å². The second kappa shape index (κ2) is 3.46. The van der Waals surface area contributed by atoms with Crippen molar-refractivity contribution < 1.29 is 4.79 Å². The molecule has 90 valence electrons. The second-order valence-corrected chi connectivity index (χ2v) is 6.54. The third-order valence-electron chi connectivity index (χ3n) is 4.78. The fourth-order valence-electron chi connectivity index (χ4n) is 3.98. The van der Waals surface area contributed by atoms with Gasteiger partial charge in [0.25, 0.3) is 0 Å². The van der Waals surface area contributed by atoms with Gasteiger partial charge in [-0.25, -0.2) is 0 Å². The highest BCUT2D eigenvalue weighted by atomic mass is 16.2. The van der Waals surface area contributed by atoms with Gasteiger partial charge < -0.3 is 10.6 Å². The van der Waals surface area contributed by atoms with Gasteiger partial charge in [-0.1, -0.05) is 6.42 Å². The normalized spacial score (nSPS) is 39.9. The Labute approximate surface area is 97.4 Å². The largest absolute Gasteiger partial charge is 0.339 e. The molecule has 0 spiro atoms. The number of nitrogens with two attached hydrogens (primary N) is 1. The lowest BCUT2D eigenvalue weighted by Gasteiger charge is -2.46. The molecule has 0 radical (unpaired) electrons. The molecule has 3 unspecified atom stereocenters. The molecule has 1 heterocycles. The van der Waals surface area contributed by atoms with Crippen LogP contribution in [0.1, 0.15) is 39.0 Å². The minimum atomic E-state index is -0.121. The SMILES string of the molecule is CC1(N)CN(C(=O)CC2CC3CCC2C3)C1. The number of hydrogen-bond donors (Lipinski definition) is 1. The van der Waals surface area contributed by atoms with E-state index >= 15 is 0 Å². The number of fused-ring (bicyclic) bond motifs is 2. The number of amides is 1. The van der Waals surface area contributed by atoms with Crippen molar-refractivity contribution in [3.63, 3.8) is 0 Å². The van der Waals surface area contributed by atoms with Crippen LogP contribution in [0.15, 0.2) is 0 Å². The Morgan fingerprint density at radius 1 is 1.38 bits per heavy atom. The summed E-state index contributed by atoms with van der Waals surface area (Å²) in [6.45, 7) is 3.54. The lowest BCUT2D eigenvalue weighted by Crippen LogP contribution is -2.66. The van der Waals surface area contributed by atoms with E-state index in [-0.39, 0.29) is 5.54 Å². The smallest absolute Gasteiger partial charge is 0.222 e. The molecule has 3 rings (SSSR count). The van der Waals surface area contributed by atoms with E-state index in [2.05, 4.69) is 0 Å². The van der Waals surface area contributed by atoms with Gasteiger partial charge in [0.1, 0.15) is 0 Å². The van der Waals surface area contributed by atoms with Crippen LogP contribution in [0.25, 0.3) is 0 Å². The first-order valence-electron chi connectivity index (χ1n) is 6.60. The molecule has 0 aromatic rings. The van der Waals surface area contributed by atoms with E-state index in [1.165, 1.54) is 25.7 Å². The molecule has 2 N–H and O–H groups in total. The van der Waals surface area contributed by atoms with Gasteiger partial charge in [-0.05, 0) is 43.9 Å². The molecule has 0 aromatic heterocycles. The van der Waals surface area contributed by atoms with Crippen molar-refractivity contribution in [2.45, 2.75) is 44.6 Å². The minimum absolute atomic E-state index is 0.121. The molecule has 2 saturated carbocycles. The van der Waals surface area contributed by atoms with E-state index in [1.54, 1.807) is 0 Å². The molecule has 3 aliphatic rings. The Morgan fingerprint density at radius 2 is 2.12 bits per heavy atom. The summed E-state index contributed by atoms with van der Waals surface area (Å²) in [5.74, 6) is 2.84. The van der Waals surface area contributed by atoms with Crippen LogP contribution < -0.4 is 5.73 Å². The first-order chi connectivity index (χ1) is 7.53. The van der Waals surface area contributed by atoms with Crippen molar-refractivity contribution in [2.75, 3.05) is 13.1 Å².